The summed E-state index contributed by atoms with van der Waals surface area (Å²) >= 11 is 0. The number of rotatable bonds is 6. The number of anilines is 1. The fourth-order valence-electron chi connectivity index (χ4n) is 1.53. The highest BCUT2D eigenvalue weighted by atomic mass is 15.0. The largest absolute Gasteiger partial charge is 0.370 e. The molecule has 0 atom stereocenters. The van der Waals surface area contributed by atoms with Gasteiger partial charge in [0.15, 0.2) is 0 Å². The zero-order chi connectivity index (χ0) is 12.0. The van der Waals surface area contributed by atoms with E-state index in [1.54, 1.807) is 0 Å². The van der Waals surface area contributed by atoms with Crippen LogP contribution in [0, 0.1) is 0 Å². The standard InChI is InChI=1S/C13H23N3/c1-5-7-8-11-9-12(14-6-2)16-13(15-11)10(3)4/h9-10H,5-8H2,1-4H3,(H,14,15,16). The summed E-state index contributed by atoms with van der Waals surface area (Å²) in [6, 6.07) is 2.07. The molecule has 3 nitrogen and oxygen atoms in total. The maximum Gasteiger partial charge on any atom is 0.133 e. The van der Waals surface area contributed by atoms with Crippen LogP contribution in [0.5, 0.6) is 0 Å². The second kappa shape index (κ2) is 6.46. The van der Waals surface area contributed by atoms with Crippen molar-refractivity contribution in [3.63, 3.8) is 0 Å². The molecule has 0 saturated heterocycles. The predicted octanol–water partition coefficient (Wildman–Crippen LogP) is 3.37. The van der Waals surface area contributed by atoms with Gasteiger partial charge in [0.05, 0.1) is 0 Å². The molecule has 16 heavy (non-hydrogen) atoms. The molecule has 1 rings (SSSR count). The normalized spacial score (nSPS) is 10.8. The third-order valence-corrected chi connectivity index (χ3v) is 2.46. The van der Waals surface area contributed by atoms with Crippen LogP contribution in [0.25, 0.3) is 0 Å². The molecule has 0 aliphatic rings. The minimum Gasteiger partial charge on any atom is -0.370 e. The molecule has 1 heterocycles. The summed E-state index contributed by atoms with van der Waals surface area (Å²) in [6.07, 6.45) is 3.45. The van der Waals surface area contributed by atoms with E-state index in [0.29, 0.717) is 5.92 Å². The van der Waals surface area contributed by atoms with E-state index in [2.05, 4.69) is 49.0 Å². The van der Waals surface area contributed by atoms with Gasteiger partial charge >= 0.3 is 0 Å². The Kier molecular flexibility index (Phi) is 5.23. The van der Waals surface area contributed by atoms with Crippen LogP contribution < -0.4 is 5.32 Å². The van der Waals surface area contributed by atoms with Gasteiger partial charge in [-0.3, -0.25) is 0 Å². The minimum absolute atomic E-state index is 0.388. The van der Waals surface area contributed by atoms with Crippen LogP contribution in [0.1, 0.15) is 58.0 Å². The molecule has 0 spiro atoms. The number of aryl methyl sites for hydroxylation is 1. The van der Waals surface area contributed by atoms with Crippen molar-refractivity contribution in [2.24, 2.45) is 0 Å². The summed E-state index contributed by atoms with van der Waals surface area (Å²) in [7, 11) is 0. The van der Waals surface area contributed by atoms with Crippen LogP contribution in [0.15, 0.2) is 6.07 Å². The Morgan fingerprint density at radius 2 is 2.00 bits per heavy atom. The molecule has 0 fully saturated rings. The SMILES string of the molecule is CCCCc1cc(NCC)nc(C(C)C)n1. The Bertz CT molecular complexity index is 321. The Labute approximate surface area is 98.7 Å². The van der Waals surface area contributed by atoms with E-state index in [0.717, 1.165) is 30.3 Å². The fraction of sp³-hybridized carbons (Fsp3) is 0.692. The van der Waals surface area contributed by atoms with E-state index < -0.39 is 0 Å². The first kappa shape index (κ1) is 12.9. The summed E-state index contributed by atoms with van der Waals surface area (Å²) in [5.74, 6) is 2.30. The lowest BCUT2D eigenvalue weighted by molar-refractivity contribution is 0.728. The number of hydrogen-bond acceptors (Lipinski definition) is 3. The zero-order valence-electron chi connectivity index (χ0n) is 10.9. The van der Waals surface area contributed by atoms with Crippen molar-refractivity contribution in [1.82, 2.24) is 9.97 Å². The minimum atomic E-state index is 0.388. The maximum absolute atomic E-state index is 4.60. The third kappa shape index (κ3) is 3.80. The Balaban J connectivity index is 2.89. The van der Waals surface area contributed by atoms with Gasteiger partial charge in [-0.1, -0.05) is 27.2 Å². The van der Waals surface area contributed by atoms with Crippen molar-refractivity contribution >= 4 is 5.82 Å². The topological polar surface area (TPSA) is 37.8 Å². The predicted molar refractivity (Wildman–Crippen MR) is 68.9 cm³/mol. The van der Waals surface area contributed by atoms with Gasteiger partial charge in [0.25, 0.3) is 0 Å². The van der Waals surface area contributed by atoms with Gasteiger partial charge < -0.3 is 5.32 Å². The van der Waals surface area contributed by atoms with E-state index in [1.165, 1.54) is 12.8 Å². The average Bonchev–Trinajstić information content (AvgIpc) is 2.26. The van der Waals surface area contributed by atoms with Crippen LogP contribution >= 0.6 is 0 Å². The summed E-state index contributed by atoms with van der Waals surface area (Å²) in [4.78, 5) is 9.11. The van der Waals surface area contributed by atoms with E-state index in [4.69, 9.17) is 0 Å². The molecule has 0 amide bonds. The quantitative estimate of drug-likeness (QED) is 0.800. The second-order valence-corrected chi connectivity index (χ2v) is 4.39. The molecule has 0 saturated carbocycles. The van der Waals surface area contributed by atoms with Crippen LogP contribution in [-0.4, -0.2) is 16.5 Å². The highest BCUT2D eigenvalue weighted by Crippen LogP contribution is 2.15. The van der Waals surface area contributed by atoms with Crippen molar-refractivity contribution in [2.75, 3.05) is 11.9 Å². The summed E-state index contributed by atoms with van der Waals surface area (Å²) in [6.45, 7) is 9.46. The molecule has 90 valence electrons. The lowest BCUT2D eigenvalue weighted by Gasteiger charge is -2.10. The van der Waals surface area contributed by atoms with Crippen LogP contribution in [0.4, 0.5) is 5.82 Å². The molecule has 0 unspecified atom stereocenters. The smallest absolute Gasteiger partial charge is 0.133 e. The molecule has 1 N–H and O–H groups in total. The molecule has 3 heteroatoms. The molecule has 0 aromatic carbocycles. The van der Waals surface area contributed by atoms with Crippen molar-refractivity contribution in [1.29, 1.82) is 0 Å². The monoisotopic (exact) mass is 221 g/mol. The first-order chi connectivity index (χ1) is 7.67. The van der Waals surface area contributed by atoms with Crippen LogP contribution in [0.3, 0.4) is 0 Å². The van der Waals surface area contributed by atoms with E-state index in [1.807, 2.05) is 0 Å². The van der Waals surface area contributed by atoms with Crippen molar-refractivity contribution in [2.45, 2.75) is 52.9 Å². The molecule has 1 aromatic heterocycles. The summed E-state index contributed by atoms with van der Waals surface area (Å²) in [5, 5.41) is 3.27. The van der Waals surface area contributed by atoms with Crippen molar-refractivity contribution < 1.29 is 0 Å². The number of nitrogens with zero attached hydrogens (tertiary/aromatic N) is 2. The van der Waals surface area contributed by atoms with Crippen LogP contribution in [0.2, 0.25) is 0 Å². The molecule has 0 aliphatic carbocycles. The number of aromatic nitrogens is 2. The van der Waals surface area contributed by atoms with Crippen molar-refractivity contribution in [3.8, 4) is 0 Å². The molecule has 0 aliphatic heterocycles. The molecular weight excluding hydrogens is 198 g/mol. The van der Waals surface area contributed by atoms with Gasteiger partial charge in [-0.05, 0) is 19.8 Å². The summed E-state index contributed by atoms with van der Waals surface area (Å²) < 4.78 is 0. The first-order valence-electron chi connectivity index (χ1n) is 6.29. The van der Waals surface area contributed by atoms with E-state index in [9.17, 15) is 0 Å². The highest BCUT2D eigenvalue weighted by molar-refractivity contribution is 5.36. The summed E-state index contributed by atoms with van der Waals surface area (Å²) in [5.41, 5.74) is 1.16. The molecule has 0 radical (unpaired) electrons. The van der Waals surface area contributed by atoms with Gasteiger partial charge in [-0.25, -0.2) is 9.97 Å². The zero-order valence-corrected chi connectivity index (χ0v) is 10.9. The van der Waals surface area contributed by atoms with Gasteiger partial charge in [0, 0.05) is 24.2 Å². The maximum atomic E-state index is 4.60. The van der Waals surface area contributed by atoms with Crippen molar-refractivity contribution in [3.05, 3.63) is 17.6 Å². The third-order valence-electron chi connectivity index (χ3n) is 2.46. The lowest BCUT2D eigenvalue weighted by atomic mass is 10.1. The lowest BCUT2D eigenvalue weighted by Crippen LogP contribution is -2.07. The van der Waals surface area contributed by atoms with E-state index >= 15 is 0 Å². The second-order valence-electron chi connectivity index (χ2n) is 4.39. The van der Waals surface area contributed by atoms with Gasteiger partial charge in [-0.2, -0.15) is 0 Å². The Morgan fingerprint density at radius 3 is 2.56 bits per heavy atom. The number of hydrogen-bond donors (Lipinski definition) is 1. The van der Waals surface area contributed by atoms with E-state index in [-0.39, 0.29) is 0 Å². The molecule has 1 aromatic rings. The highest BCUT2D eigenvalue weighted by Gasteiger charge is 2.07. The van der Waals surface area contributed by atoms with Gasteiger partial charge in [-0.15, -0.1) is 0 Å². The first-order valence-corrected chi connectivity index (χ1v) is 6.29. The molecule has 0 bridgehead atoms. The molecular formula is C13H23N3. The fourth-order valence-corrected chi connectivity index (χ4v) is 1.53. The van der Waals surface area contributed by atoms with Gasteiger partial charge in [0.1, 0.15) is 11.6 Å². The van der Waals surface area contributed by atoms with Crippen LogP contribution in [-0.2, 0) is 6.42 Å². The number of unbranched alkanes of at least 4 members (excludes halogenated alkanes) is 1. The number of nitrogens with one attached hydrogen (secondary N) is 1. The average molecular weight is 221 g/mol. The van der Waals surface area contributed by atoms with Gasteiger partial charge in [0.2, 0.25) is 0 Å². The Morgan fingerprint density at radius 1 is 1.25 bits per heavy atom. The Hall–Kier alpha value is -1.12.